The number of likely N-dealkylation sites (tertiary alicyclic amines) is 1. The van der Waals surface area contributed by atoms with E-state index in [1.807, 2.05) is 46.2 Å². The Labute approximate surface area is 194 Å². The van der Waals surface area contributed by atoms with Gasteiger partial charge >= 0.3 is 6.09 Å². The average molecular weight is 451 g/mol. The molecule has 2 fully saturated rings. The highest BCUT2D eigenvalue weighted by Crippen LogP contribution is 2.26. The van der Waals surface area contributed by atoms with Crippen LogP contribution in [-0.2, 0) is 16.0 Å². The Kier molecular flexibility index (Phi) is 7.88. The van der Waals surface area contributed by atoms with Crippen molar-refractivity contribution in [3.63, 3.8) is 0 Å². The Balaban J connectivity index is 1.21. The molecule has 4 rings (SSSR count). The number of carbonyl (C=O) groups excluding carboxylic acids is 2. The number of piperidine rings is 1. The molecule has 6 heteroatoms. The van der Waals surface area contributed by atoms with Gasteiger partial charge in [0.25, 0.3) is 0 Å². The summed E-state index contributed by atoms with van der Waals surface area (Å²) in [5, 5.41) is 2.06. The van der Waals surface area contributed by atoms with Crippen LogP contribution >= 0.6 is 11.8 Å². The molecule has 0 aromatic heterocycles. The number of amides is 2. The molecule has 2 aliphatic heterocycles. The fourth-order valence-electron chi connectivity index (χ4n) is 4.42. The quantitative estimate of drug-likeness (QED) is 0.540. The Hall–Kier alpha value is -2.73. The predicted octanol–water partition coefficient (Wildman–Crippen LogP) is 4.84. The van der Waals surface area contributed by atoms with E-state index in [1.54, 1.807) is 11.8 Å². The molecule has 2 saturated heterocycles. The number of carbonyl (C=O) groups is 2. The lowest BCUT2D eigenvalue weighted by Gasteiger charge is -2.38. The molecule has 0 spiro atoms. The summed E-state index contributed by atoms with van der Waals surface area (Å²) in [5.41, 5.74) is 2.38. The summed E-state index contributed by atoms with van der Waals surface area (Å²) in [4.78, 5) is 28.9. The molecule has 0 saturated carbocycles. The van der Waals surface area contributed by atoms with Crippen LogP contribution in [0, 0.1) is 0 Å². The van der Waals surface area contributed by atoms with Gasteiger partial charge in [0.2, 0.25) is 5.91 Å². The van der Waals surface area contributed by atoms with Gasteiger partial charge in [-0.1, -0.05) is 60.7 Å². The average Bonchev–Trinajstić information content (AvgIpc) is 3.20. The smallest absolute Gasteiger partial charge is 0.410 e. The van der Waals surface area contributed by atoms with E-state index in [2.05, 4.69) is 35.7 Å². The van der Waals surface area contributed by atoms with Crippen LogP contribution in [0.2, 0.25) is 0 Å². The number of hydrogen-bond acceptors (Lipinski definition) is 4. The molecule has 2 aliphatic rings. The predicted molar refractivity (Wildman–Crippen MR) is 129 cm³/mol. The Morgan fingerprint density at radius 3 is 2.44 bits per heavy atom. The Morgan fingerprint density at radius 2 is 1.72 bits per heavy atom. The van der Waals surface area contributed by atoms with Crippen LogP contribution < -0.4 is 0 Å². The first-order valence-electron chi connectivity index (χ1n) is 11.3. The van der Waals surface area contributed by atoms with E-state index in [-0.39, 0.29) is 24.1 Å². The van der Waals surface area contributed by atoms with E-state index in [9.17, 15) is 9.59 Å². The van der Waals surface area contributed by atoms with E-state index in [0.717, 1.165) is 25.0 Å². The maximum absolute atomic E-state index is 12.6. The zero-order valence-electron chi connectivity index (χ0n) is 18.3. The summed E-state index contributed by atoms with van der Waals surface area (Å²) < 4.78 is 5.38. The molecule has 168 valence electrons. The zero-order valence-corrected chi connectivity index (χ0v) is 19.1. The van der Waals surface area contributed by atoms with Crippen molar-refractivity contribution in [2.24, 2.45) is 0 Å². The summed E-state index contributed by atoms with van der Waals surface area (Å²) >= 11 is 1.67. The van der Waals surface area contributed by atoms with E-state index < -0.39 is 0 Å². The Morgan fingerprint density at radius 1 is 1.03 bits per heavy atom. The third-order valence-electron chi connectivity index (χ3n) is 6.12. The second-order valence-electron chi connectivity index (χ2n) is 8.27. The van der Waals surface area contributed by atoms with Crippen LogP contribution in [0.5, 0.6) is 0 Å². The first-order chi connectivity index (χ1) is 15.7. The van der Waals surface area contributed by atoms with Crippen LogP contribution in [0.1, 0.15) is 30.4 Å². The molecule has 32 heavy (non-hydrogen) atoms. The highest BCUT2D eigenvalue weighted by Gasteiger charge is 2.39. The lowest BCUT2D eigenvalue weighted by atomic mass is 9.99. The molecule has 5 nitrogen and oxygen atoms in total. The first-order valence-corrected chi connectivity index (χ1v) is 12.4. The van der Waals surface area contributed by atoms with Gasteiger partial charge in [-0.15, -0.1) is 11.8 Å². The van der Waals surface area contributed by atoms with Crippen molar-refractivity contribution >= 4 is 29.8 Å². The largest absolute Gasteiger partial charge is 0.447 e. The summed E-state index contributed by atoms with van der Waals surface area (Å²) in [5.74, 6) is 0.980. The first kappa shape index (κ1) is 22.5. The maximum Gasteiger partial charge on any atom is 0.410 e. The number of thioether (sulfide) groups is 1. The van der Waals surface area contributed by atoms with Crippen LogP contribution in [0.25, 0.3) is 6.08 Å². The van der Waals surface area contributed by atoms with Crippen molar-refractivity contribution in [1.82, 2.24) is 9.80 Å². The molecular weight excluding hydrogens is 420 g/mol. The Bertz CT molecular complexity index is 911. The lowest BCUT2D eigenvalue weighted by molar-refractivity contribution is -0.132. The van der Waals surface area contributed by atoms with Crippen molar-refractivity contribution in [2.75, 3.05) is 25.4 Å². The molecule has 2 aromatic rings. The maximum atomic E-state index is 12.6. The molecule has 2 heterocycles. The molecule has 0 bridgehead atoms. The molecule has 1 unspecified atom stereocenters. The summed E-state index contributed by atoms with van der Waals surface area (Å²) in [6.07, 6.45) is 4.83. The summed E-state index contributed by atoms with van der Waals surface area (Å²) in [6.45, 7) is 1.85. The highest BCUT2D eigenvalue weighted by molar-refractivity contribution is 8.02. The van der Waals surface area contributed by atoms with E-state index in [4.69, 9.17) is 4.74 Å². The van der Waals surface area contributed by atoms with Crippen LogP contribution in [0.15, 0.2) is 66.1 Å². The molecule has 0 radical (unpaired) electrons. The number of ether oxygens (including phenoxy) is 1. The third-order valence-corrected chi connectivity index (χ3v) is 6.89. The minimum Gasteiger partial charge on any atom is -0.447 e. The van der Waals surface area contributed by atoms with Gasteiger partial charge in [-0.2, -0.15) is 0 Å². The monoisotopic (exact) mass is 450 g/mol. The van der Waals surface area contributed by atoms with Crippen LogP contribution in [-0.4, -0.2) is 59.3 Å². The molecule has 1 atom stereocenters. The molecule has 0 N–H and O–H groups in total. The topological polar surface area (TPSA) is 49.9 Å². The number of benzene rings is 2. The van der Waals surface area contributed by atoms with Crippen LogP contribution in [0.4, 0.5) is 4.79 Å². The fraction of sp³-hybridized carbons (Fsp3) is 0.385. The number of hydrogen-bond donors (Lipinski definition) is 0. The van der Waals surface area contributed by atoms with Gasteiger partial charge in [0, 0.05) is 31.3 Å². The van der Waals surface area contributed by atoms with Gasteiger partial charge in [-0.05, 0) is 41.9 Å². The number of nitrogens with zero attached hydrogens (tertiary/aromatic N) is 2. The zero-order chi connectivity index (χ0) is 22.2. The van der Waals surface area contributed by atoms with Crippen molar-refractivity contribution in [3.05, 3.63) is 77.2 Å². The minimum absolute atomic E-state index is 0.0740. The summed E-state index contributed by atoms with van der Waals surface area (Å²) in [6, 6.07) is 20.6. The normalized spacial score (nSPS) is 19.5. The molecule has 2 aromatic carbocycles. The van der Waals surface area contributed by atoms with Crippen LogP contribution in [0.3, 0.4) is 0 Å². The van der Waals surface area contributed by atoms with Gasteiger partial charge in [-0.25, -0.2) is 4.79 Å². The van der Waals surface area contributed by atoms with Gasteiger partial charge in [-0.3, -0.25) is 9.69 Å². The van der Waals surface area contributed by atoms with Crippen molar-refractivity contribution in [2.45, 2.75) is 37.8 Å². The molecular formula is C26H30N2O3S. The lowest BCUT2D eigenvalue weighted by Crippen LogP contribution is -2.50. The third kappa shape index (κ3) is 5.94. The fourth-order valence-corrected chi connectivity index (χ4v) is 5.10. The van der Waals surface area contributed by atoms with E-state index in [0.29, 0.717) is 26.1 Å². The van der Waals surface area contributed by atoms with E-state index >= 15 is 0 Å². The van der Waals surface area contributed by atoms with Crippen molar-refractivity contribution in [3.8, 4) is 0 Å². The summed E-state index contributed by atoms with van der Waals surface area (Å²) in [7, 11) is 0. The standard InChI is InChI=1S/C26H30N2O3S/c29-25(14-18-32-17-13-21-7-3-1-4-8-21)27-15-11-23(12-16-27)28-24(20-31-26(28)30)19-22-9-5-2-6-10-22/h1-10,13,17,23-24H,11-12,14-16,18-20H2. The van der Waals surface area contributed by atoms with Crippen molar-refractivity contribution < 1.29 is 14.3 Å². The van der Waals surface area contributed by atoms with Gasteiger partial charge in [0.15, 0.2) is 0 Å². The number of rotatable bonds is 8. The molecule has 0 aliphatic carbocycles. The van der Waals surface area contributed by atoms with Crippen molar-refractivity contribution in [1.29, 1.82) is 0 Å². The van der Waals surface area contributed by atoms with Gasteiger partial charge < -0.3 is 9.64 Å². The van der Waals surface area contributed by atoms with Gasteiger partial charge in [0.1, 0.15) is 6.61 Å². The van der Waals surface area contributed by atoms with Gasteiger partial charge in [0.05, 0.1) is 6.04 Å². The minimum atomic E-state index is -0.211. The highest BCUT2D eigenvalue weighted by atomic mass is 32.2. The second-order valence-corrected chi connectivity index (χ2v) is 9.29. The van der Waals surface area contributed by atoms with E-state index in [1.165, 1.54) is 11.1 Å². The second kappa shape index (κ2) is 11.2. The molecule has 2 amide bonds. The SMILES string of the molecule is O=C(CCSC=Cc1ccccc1)N1CCC(N2C(=O)OCC2Cc2ccccc2)CC1. The number of cyclic esters (lactones) is 1.